The summed E-state index contributed by atoms with van der Waals surface area (Å²) in [5, 5.41) is 7.63. The van der Waals surface area contributed by atoms with Gasteiger partial charge in [0.25, 0.3) is 0 Å². The monoisotopic (exact) mass is 379 g/mol. The Balaban J connectivity index is 1.43. The topological polar surface area (TPSA) is 62.7 Å². The second-order valence-corrected chi connectivity index (χ2v) is 7.26. The third-order valence-electron chi connectivity index (χ3n) is 3.85. The third kappa shape index (κ3) is 3.95. The highest BCUT2D eigenvalue weighted by Gasteiger charge is 2.10. The second-order valence-electron chi connectivity index (χ2n) is 5.71. The van der Waals surface area contributed by atoms with Crippen molar-refractivity contribution in [3.05, 3.63) is 78.0 Å². The summed E-state index contributed by atoms with van der Waals surface area (Å²) in [6.45, 7) is 0. The summed E-state index contributed by atoms with van der Waals surface area (Å²) >= 11 is 6.22. The van der Waals surface area contributed by atoms with Crippen molar-refractivity contribution < 1.29 is 0 Å². The molecule has 130 valence electrons. The van der Waals surface area contributed by atoms with Crippen molar-refractivity contribution >= 4 is 45.4 Å². The van der Waals surface area contributed by atoms with Crippen molar-refractivity contribution in [3.63, 3.8) is 0 Å². The number of fused-ring (bicyclic) bond motifs is 1. The fraction of sp³-hybridized carbons (Fsp3) is 0.105. The zero-order valence-corrected chi connectivity index (χ0v) is 15.5. The van der Waals surface area contributed by atoms with Gasteiger partial charge in [0.15, 0.2) is 0 Å². The summed E-state index contributed by atoms with van der Waals surface area (Å²) in [5.41, 5.74) is 3.89. The Hall–Kier alpha value is -2.64. The van der Waals surface area contributed by atoms with Gasteiger partial charge >= 0.3 is 0 Å². The van der Waals surface area contributed by atoms with Gasteiger partial charge in [-0.25, -0.2) is 4.98 Å². The van der Waals surface area contributed by atoms with Crippen LogP contribution in [0, 0.1) is 0 Å². The number of hydrogen-bond donors (Lipinski definition) is 3. The number of thiol groups is 1. The highest BCUT2D eigenvalue weighted by atomic mass is 32.1. The molecule has 4 rings (SSSR count). The number of nitrogens with one attached hydrogen (secondary N) is 2. The summed E-state index contributed by atoms with van der Waals surface area (Å²) in [5.74, 6) is 0. The van der Waals surface area contributed by atoms with Gasteiger partial charge in [0, 0.05) is 24.3 Å². The van der Waals surface area contributed by atoms with Gasteiger partial charge in [0.05, 0.1) is 22.1 Å². The molecule has 0 bridgehead atoms. The number of thiazole rings is 1. The van der Waals surface area contributed by atoms with Gasteiger partial charge in [0.1, 0.15) is 10.5 Å². The molecule has 26 heavy (non-hydrogen) atoms. The maximum Gasteiger partial charge on any atom is 0.142 e. The Morgan fingerprint density at radius 1 is 1.12 bits per heavy atom. The van der Waals surface area contributed by atoms with Gasteiger partial charge in [0.2, 0.25) is 0 Å². The van der Waals surface area contributed by atoms with E-state index in [0.717, 1.165) is 33.0 Å². The molecule has 0 aromatic carbocycles. The van der Waals surface area contributed by atoms with Crippen LogP contribution < -0.4 is 10.6 Å². The molecule has 1 aliphatic carbocycles. The summed E-state index contributed by atoms with van der Waals surface area (Å²) in [7, 11) is 0. The molecule has 0 saturated heterocycles. The van der Waals surface area contributed by atoms with E-state index in [2.05, 4.69) is 45.4 Å². The van der Waals surface area contributed by atoms with Gasteiger partial charge in [-0.05, 0) is 36.3 Å². The molecule has 0 amide bonds. The lowest BCUT2D eigenvalue weighted by Crippen LogP contribution is -2.30. The zero-order chi connectivity index (χ0) is 17.8. The van der Waals surface area contributed by atoms with Crippen LogP contribution in [0.5, 0.6) is 0 Å². The number of pyridine rings is 2. The minimum absolute atomic E-state index is 0.217. The first kappa shape index (κ1) is 16.8. The molecular formula is C19H17N5S2. The van der Waals surface area contributed by atoms with Crippen LogP contribution in [0.4, 0.5) is 5.69 Å². The molecule has 1 unspecified atom stereocenters. The van der Waals surface area contributed by atoms with Crippen LogP contribution >= 0.6 is 24.0 Å². The lowest BCUT2D eigenvalue weighted by atomic mass is 10.2. The van der Waals surface area contributed by atoms with Crippen molar-refractivity contribution in [2.75, 3.05) is 5.32 Å². The van der Waals surface area contributed by atoms with E-state index in [4.69, 9.17) is 4.98 Å². The molecule has 3 aromatic heterocycles. The molecular weight excluding hydrogens is 362 g/mol. The van der Waals surface area contributed by atoms with E-state index < -0.39 is 0 Å². The molecule has 0 spiro atoms. The third-order valence-corrected chi connectivity index (χ3v) is 5.19. The van der Waals surface area contributed by atoms with Crippen LogP contribution in [0.15, 0.2) is 73.0 Å². The van der Waals surface area contributed by atoms with E-state index in [-0.39, 0.29) is 5.50 Å². The van der Waals surface area contributed by atoms with E-state index in [9.17, 15) is 0 Å². The molecule has 1 aliphatic rings. The van der Waals surface area contributed by atoms with Crippen LogP contribution in [0.3, 0.4) is 0 Å². The standard InChI is InChI=1S/C19H17N5S2/c25-19(23-15-5-2-9-20-11-15)22-14-4-1-3-13(6-7-14)18-24-16-8-10-21-12-17(16)26-18/h1-5,7-12,19,22-23,25H,6H2. The zero-order valence-electron chi connectivity index (χ0n) is 13.8. The van der Waals surface area contributed by atoms with Crippen molar-refractivity contribution in [1.82, 2.24) is 20.3 Å². The molecule has 0 aliphatic heterocycles. The largest absolute Gasteiger partial charge is 0.357 e. The van der Waals surface area contributed by atoms with Gasteiger partial charge in [-0.2, -0.15) is 0 Å². The van der Waals surface area contributed by atoms with E-state index in [1.165, 1.54) is 5.57 Å². The van der Waals surface area contributed by atoms with Crippen LogP contribution in [0.25, 0.3) is 15.8 Å². The highest BCUT2D eigenvalue weighted by molar-refractivity contribution is 7.81. The van der Waals surface area contributed by atoms with E-state index in [0.29, 0.717) is 0 Å². The first-order chi connectivity index (χ1) is 12.8. The van der Waals surface area contributed by atoms with Crippen molar-refractivity contribution in [3.8, 4) is 0 Å². The van der Waals surface area contributed by atoms with Gasteiger partial charge < -0.3 is 10.6 Å². The molecule has 0 radical (unpaired) electrons. The van der Waals surface area contributed by atoms with E-state index in [1.54, 1.807) is 29.9 Å². The Morgan fingerprint density at radius 3 is 2.88 bits per heavy atom. The van der Waals surface area contributed by atoms with Crippen LogP contribution in [-0.2, 0) is 0 Å². The molecule has 3 heterocycles. The summed E-state index contributed by atoms with van der Waals surface area (Å²) in [6, 6.07) is 5.79. The smallest absolute Gasteiger partial charge is 0.142 e. The lowest BCUT2D eigenvalue weighted by Gasteiger charge is -2.17. The number of hydrogen-bond acceptors (Lipinski definition) is 7. The number of anilines is 1. The number of allylic oxidation sites excluding steroid dienone is 5. The lowest BCUT2D eigenvalue weighted by molar-refractivity contribution is 0.835. The molecule has 1 atom stereocenters. The average molecular weight is 380 g/mol. The maximum atomic E-state index is 4.71. The Morgan fingerprint density at radius 2 is 2.04 bits per heavy atom. The number of aromatic nitrogens is 3. The summed E-state index contributed by atoms with van der Waals surface area (Å²) < 4.78 is 1.11. The van der Waals surface area contributed by atoms with Crippen molar-refractivity contribution in [1.29, 1.82) is 0 Å². The SMILES string of the molecule is SC(NC1=CCC(c2nc3ccncc3s2)=CC=C1)Nc1cccnc1. The van der Waals surface area contributed by atoms with Gasteiger partial charge in [-0.1, -0.05) is 18.2 Å². The second kappa shape index (κ2) is 7.72. The van der Waals surface area contributed by atoms with Crippen LogP contribution in [-0.4, -0.2) is 20.4 Å². The number of rotatable bonds is 5. The van der Waals surface area contributed by atoms with Gasteiger partial charge in [-0.15, -0.1) is 24.0 Å². The number of nitrogens with zero attached hydrogens (tertiary/aromatic N) is 3. The molecule has 0 saturated carbocycles. The van der Waals surface area contributed by atoms with E-state index in [1.807, 2.05) is 36.5 Å². The first-order valence-electron chi connectivity index (χ1n) is 8.17. The Kier molecular flexibility index (Phi) is 4.99. The highest BCUT2D eigenvalue weighted by Crippen LogP contribution is 2.29. The predicted octanol–water partition coefficient (Wildman–Crippen LogP) is 4.23. The molecule has 5 nitrogen and oxygen atoms in total. The van der Waals surface area contributed by atoms with E-state index >= 15 is 0 Å². The average Bonchev–Trinajstić information content (AvgIpc) is 2.95. The fourth-order valence-corrected chi connectivity index (χ4v) is 3.87. The van der Waals surface area contributed by atoms with Crippen LogP contribution in [0.2, 0.25) is 0 Å². The Labute approximate surface area is 161 Å². The van der Waals surface area contributed by atoms with Gasteiger partial charge in [-0.3, -0.25) is 9.97 Å². The first-order valence-corrected chi connectivity index (χ1v) is 9.51. The minimum atomic E-state index is -0.217. The maximum absolute atomic E-state index is 4.71. The van der Waals surface area contributed by atoms with Crippen molar-refractivity contribution in [2.45, 2.75) is 11.9 Å². The summed E-state index contributed by atoms with van der Waals surface area (Å²) in [4.78, 5) is 13.0. The normalized spacial score (nSPS) is 15.1. The minimum Gasteiger partial charge on any atom is -0.357 e. The fourth-order valence-electron chi connectivity index (χ4n) is 2.61. The van der Waals surface area contributed by atoms with Crippen molar-refractivity contribution in [2.24, 2.45) is 0 Å². The van der Waals surface area contributed by atoms with Crippen LogP contribution in [0.1, 0.15) is 11.4 Å². The Bertz CT molecular complexity index is 958. The molecule has 7 heteroatoms. The predicted molar refractivity (Wildman–Crippen MR) is 111 cm³/mol. The summed E-state index contributed by atoms with van der Waals surface area (Å²) in [6.07, 6.45) is 16.3. The molecule has 3 aromatic rings. The quantitative estimate of drug-likeness (QED) is 0.457. The molecule has 2 N–H and O–H groups in total. The molecule has 0 fully saturated rings.